The number of aliphatic hydroxyl groups excluding tert-OH is 1. The van der Waals surface area contributed by atoms with Crippen LogP contribution in [0.1, 0.15) is 28.5 Å². The van der Waals surface area contributed by atoms with E-state index in [-0.39, 0.29) is 12.1 Å². The summed E-state index contributed by atoms with van der Waals surface area (Å²) in [5, 5.41) is 13.3. The third-order valence-corrected chi connectivity index (χ3v) is 4.55. The van der Waals surface area contributed by atoms with Crippen LogP contribution in [0.5, 0.6) is 0 Å². The number of halogens is 4. The summed E-state index contributed by atoms with van der Waals surface area (Å²) in [5.41, 5.74) is 1.28. The van der Waals surface area contributed by atoms with Gasteiger partial charge in [0.1, 0.15) is 12.1 Å². The first-order chi connectivity index (χ1) is 13.8. The van der Waals surface area contributed by atoms with Gasteiger partial charge in [-0.3, -0.25) is 0 Å². The SMILES string of the molecule is Cc1c(CNC[C@H](O)c2ccccc2)ncnc1-c1ccc(C(F)(F)F)c(F)c1. The Morgan fingerprint density at radius 1 is 1.07 bits per heavy atom. The molecule has 0 saturated carbocycles. The predicted octanol–water partition coefficient (Wildman–Crippen LogP) is 4.43. The fourth-order valence-electron chi connectivity index (χ4n) is 2.97. The fourth-order valence-corrected chi connectivity index (χ4v) is 2.97. The van der Waals surface area contributed by atoms with Gasteiger partial charge in [0.15, 0.2) is 0 Å². The minimum Gasteiger partial charge on any atom is -0.387 e. The Hall–Kier alpha value is -2.84. The van der Waals surface area contributed by atoms with Gasteiger partial charge in [0.2, 0.25) is 0 Å². The van der Waals surface area contributed by atoms with Crippen molar-refractivity contribution in [3.8, 4) is 11.3 Å². The van der Waals surface area contributed by atoms with Crippen LogP contribution in [0.15, 0.2) is 54.9 Å². The summed E-state index contributed by atoms with van der Waals surface area (Å²) in [6.45, 7) is 2.32. The topological polar surface area (TPSA) is 58.0 Å². The number of alkyl halides is 3. The molecule has 29 heavy (non-hydrogen) atoms. The Labute approximate surface area is 165 Å². The van der Waals surface area contributed by atoms with Crippen molar-refractivity contribution in [1.29, 1.82) is 0 Å². The maximum atomic E-state index is 13.9. The van der Waals surface area contributed by atoms with Crippen molar-refractivity contribution in [2.75, 3.05) is 6.54 Å². The quantitative estimate of drug-likeness (QED) is 0.596. The molecule has 152 valence electrons. The number of nitrogens with zero attached hydrogens (tertiary/aromatic N) is 2. The van der Waals surface area contributed by atoms with Crippen molar-refractivity contribution in [3.63, 3.8) is 0 Å². The Balaban J connectivity index is 1.74. The molecule has 0 unspecified atom stereocenters. The number of aliphatic hydroxyl groups is 1. The lowest BCUT2D eigenvalue weighted by Gasteiger charge is -2.14. The molecule has 2 aromatic carbocycles. The normalized spacial score (nSPS) is 12.8. The molecule has 1 heterocycles. The van der Waals surface area contributed by atoms with Gasteiger partial charge in [-0.2, -0.15) is 13.2 Å². The maximum absolute atomic E-state index is 13.9. The highest BCUT2D eigenvalue weighted by molar-refractivity contribution is 5.64. The zero-order valence-corrected chi connectivity index (χ0v) is 15.5. The first-order valence-electron chi connectivity index (χ1n) is 8.88. The first-order valence-corrected chi connectivity index (χ1v) is 8.88. The Bertz CT molecular complexity index is 977. The predicted molar refractivity (Wildman–Crippen MR) is 100 cm³/mol. The lowest BCUT2D eigenvalue weighted by atomic mass is 10.0. The van der Waals surface area contributed by atoms with E-state index >= 15 is 0 Å². The number of benzene rings is 2. The van der Waals surface area contributed by atoms with Crippen LogP contribution in [0.25, 0.3) is 11.3 Å². The molecule has 0 radical (unpaired) electrons. The highest BCUT2D eigenvalue weighted by Crippen LogP contribution is 2.33. The Morgan fingerprint density at radius 3 is 2.45 bits per heavy atom. The molecule has 0 amide bonds. The number of aromatic nitrogens is 2. The van der Waals surface area contributed by atoms with Gasteiger partial charge in [-0.15, -0.1) is 0 Å². The van der Waals surface area contributed by atoms with Crippen LogP contribution in [0.4, 0.5) is 17.6 Å². The van der Waals surface area contributed by atoms with Crippen LogP contribution in [0, 0.1) is 12.7 Å². The van der Waals surface area contributed by atoms with Gasteiger partial charge < -0.3 is 10.4 Å². The Kier molecular flexibility index (Phi) is 6.24. The highest BCUT2D eigenvalue weighted by Gasteiger charge is 2.34. The number of nitrogens with one attached hydrogen (secondary N) is 1. The first kappa shape index (κ1) is 20.9. The average Bonchev–Trinajstić information content (AvgIpc) is 2.69. The molecule has 0 aliphatic heterocycles. The molecular weight excluding hydrogens is 386 g/mol. The number of hydrogen-bond acceptors (Lipinski definition) is 4. The van der Waals surface area contributed by atoms with Crippen LogP contribution in [0.2, 0.25) is 0 Å². The molecule has 3 rings (SSSR count). The van der Waals surface area contributed by atoms with Crippen molar-refractivity contribution < 1.29 is 22.7 Å². The van der Waals surface area contributed by atoms with E-state index in [0.717, 1.165) is 11.6 Å². The highest BCUT2D eigenvalue weighted by atomic mass is 19.4. The van der Waals surface area contributed by atoms with Gasteiger partial charge in [0, 0.05) is 18.7 Å². The molecule has 8 heteroatoms. The number of hydrogen-bond donors (Lipinski definition) is 2. The molecule has 0 saturated heterocycles. The summed E-state index contributed by atoms with van der Waals surface area (Å²) in [4.78, 5) is 8.28. The van der Waals surface area contributed by atoms with Gasteiger partial charge in [0.05, 0.1) is 23.1 Å². The van der Waals surface area contributed by atoms with Gasteiger partial charge in [-0.25, -0.2) is 14.4 Å². The van der Waals surface area contributed by atoms with E-state index in [0.29, 0.717) is 29.6 Å². The maximum Gasteiger partial charge on any atom is 0.419 e. The van der Waals surface area contributed by atoms with Gasteiger partial charge in [-0.05, 0) is 30.2 Å². The van der Waals surface area contributed by atoms with Gasteiger partial charge >= 0.3 is 6.18 Å². The zero-order valence-electron chi connectivity index (χ0n) is 15.5. The molecular formula is C21H19F4N3O. The smallest absolute Gasteiger partial charge is 0.387 e. The molecule has 4 nitrogen and oxygen atoms in total. The third-order valence-electron chi connectivity index (χ3n) is 4.55. The summed E-state index contributed by atoms with van der Waals surface area (Å²) >= 11 is 0. The van der Waals surface area contributed by atoms with Crippen LogP contribution >= 0.6 is 0 Å². The van der Waals surface area contributed by atoms with Crippen molar-refractivity contribution in [2.45, 2.75) is 25.7 Å². The second kappa shape index (κ2) is 8.67. The minimum absolute atomic E-state index is 0.237. The minimum atomic E-state index is -4.75. The van der Waals surface area contributed by atoms with Crippen LogP contribution in [-0.4, -0.2) is 21.6 Å². The largest absolute Gasteiger partial charge is 0.419 e. The third kappa shape index (κ3) is 4.96. The van der Waals surface area contributed by atoms with Crippen LogP contribution < -0.4 is 5.32 Å². The van der Waals surface area contributed by atoms with Crippen molar-refractivity contribution in [1.82, 2.24) is 15.3 Å². The molecule has 0 bridgehead atoms. The molecule has 0 aliphatic carbocycles. The van der Waals surface area contributed by atoms with Crippen LogP contribution in [-0.2, 0) is 12.7 Å². The monoisotopic (exact) mass is 405 g/mol. The summed E-state index contributed by atoms with van der Waals surface area (Å²) in [7, 11) is 0. The summed E-state index contributed by atoms with van der Waals surface area (Å²) in [6, 6.07) is 11.9. The fraction of sp³-hybridized carbons (Fsp3) is 0.238. The van der Waals surface area contributed by atoms with E-state index in [1.807, 2.05) is 30.3 Å². The van der Waals surface area contributed by atoms with E-state index in [1.54, 1.807) is 6.92 Å². The summed E-state index contributed by atoms with van der Waals surface area (Å²) in [5.74, 6) is -1.35. The standard InChI is InChI=1S/C21H19F4N3O/c1-13-18(10-26-11-19(29)14-5-3-2-4-6-14)27-12-28-20(13)15-7-8-16(17(22)9-15)21(23,24)25/h2-9,12,19,26,29H,10-11H2,1H3/t19-/m0/s1. The zero-order chi connectivity index (χ0) is 21.0. The molecule has 0 aliphatic rings. The summed E-state index contributed by atoms with van der Waals surface area (Å²) < 4.78 is 52.2. The Morgan fingerprint density at radius 2 is 1.79 bits per heavy atom. The van der Waals surface area contributed by atoms with Gasteiger partial charge in [0.25, 0.3) is 0 Å². The van der Waals surface area contributed by atoms with Crippen molar-refractivity contribution in [3.05, 3.63) is 83.1 Å². The van der Waals surface area contributed by atoms with E-state index in [1.165, 1.54) is 12.4 Å². The number of rotatable bonds is 6. The van der Waals surface area contributed by atoms with Crippen molar-refractivity contribution in [2.24, 2.45) is 0 Å². The molecule has 1 aromatic heterocycles. The van der Waals surface area contributed by atoms with Gasteiger partial charge in [-0.1, -0.05) is 36.4 Å². The second-order valence-electron chi connectivity index (χ2n) is 6.54. The van der Waals surface area contributed by atoms with E-state index in [9.17, 15) is 22.7 Å². The molecule has 3 aromatic rings. The van der Waals surface area contributed by atoms with E-state index < -0.39 is 23.7 Å². The van der Waals surface area contributed by atoms with Crippen molar-refractivity contribution >= 4 is 0 Å². The molecule has 1 atom stereocenters. The van der Waals surface area contributed by atoms with Crippen LogP contribution in [0.3, 0.4) is 0 Å². The summed E-state index contributed by atoms with van der Waals surface area (Å²) in [6.07, 6.45) is -4.16. The lowest BCUT2D eigenvalue weighted by Crippen LogP contribution is -2.22. The molecule has 2 N–H and O–H groups in total. The second-order valence-corrected chi connectivity index (χ2v) is 6.54. The average molecular weight is 405 g/mol. The molecule has 0 spiro atoms. The molecule has 0 fully saturated rings. The van der Waals surface area contributed by atoms with E-state index in [2.05, 4.69) is 15.3 Å². The van der Waals surface area contributed by atoms with E-state index in [4.69, 9.17) is 0 Å². The lowest BCUT2D eigenvalue weighted by molar-refractivity contribution is -0.139.